The van der Waals surface area contributed by atoms with Gasteiger partial charge in [0, 0.05) is 18.8 Å². The molecule has 7 heteroatoms. The van der Waals surface area contributed by atoms with E-state index in [1.807, 2.05) is 19.1 Å². The van der Waals surface area contributed by atoms with Crippen LogP contribution in [0.25, 0.3) is 0 Å². The van der Waals surface area contributed by atoms with Crippen molar-refractivity contribution in [2.24, 2.45) is 5.92 Å². The fourth-order valence-electron chi connectivity index (χ4n) is 3.42. The van der Waals surface area contributed by atoms with E-state index >= 15 is 0 Å². The lowest BCUT2D eigenvalue weighted by Gasteiger charge is -2.30. The number of halogens is 2. The Balaban J connectivity index is 0.00000169. The van der Waals surface area contributed by atoms with Gasteiger partial charge in [-0.1, -0.05) is 19.1 Å². The number of ether oxygens (including phenoxy) is 1. The number of carbonyl (C=O) groups excluding carboxylic acids is 1. The molecule has 148 valence electrons. The fourth-order valence-corrected chi connectivity index (χ4v) is 3.42. The number of hydrogen-bond donors (Lipinski definition) is 2. The lowest BCUT2D eigenvalue weighted by Crippen LogP contribution is -2.53. The van der Waals surface area contributed by atoms with Crippen LogP contribution in [-0.4, -0.2) is 49.2 Å². The number of rotatable bonds is 4. The third-order valence-corrected chi connectivity index (χ3v) is 5.10. The van der Waals surface area contributed by atoms with Crippen LogP contribution in [-0.2, 0) is 16.1 Å². The lowest BCUT2D eigenvalue weighted by atomic mass is 9.99. The molecule has 0 aromatic heterocycles. The second kappa shape index (κ2) is 11.1. The number of amides is 1. The van der Waals surface area contributed by atoms with E-state index in [9.17, 15) is 4.79 Å². The van der Waals surface area contributed by atoms with Crippen molar-refractivity contribution >= 4 is 36.4 Å². The zero-order chi connectivity index (χ0) is 16.9. The molecule has 2 saturated heterocycles. The van der Waals surface area contributed by atoms with Crippen LogP contribution in [0.3, 0.4) is 0 Å². The zero-order valence-electron chi connectivity index (χ0n) is 15.6. The Hall–Kier alpha value is -0.850. The van der Waals surface area contributed by atoms with Crippen LogP contribution < -0.4 is 10.6 Å². The normalized spacial score (nSPS) is 24.2. The summed E-state index contributed by atoms with van der Waals surface area (Å²) in [6.07, 6.45) is 2.49. The maximum Gasteiger partial charge on any atom is 0.244 e. The topological polar surface area (TPSA) is 53.6 Å². The Morgan fingerprint density at radius 2 is 1.85 bits per heavy atom. The smallest absolute Gasteiger partial charge is 0.244 e. The summed E-state index contributed by atoms with van der Waals surface area (Å²) in [7, 11) is 0. The third kappa shape index (κ3) is 6.39. The molecular formula is C19H31Cl2N3O2. The molecule has 0 saturated carbocycles. The van der Waals surface area contributed by atoms with Gasteiger partial charge in [-0.25, -0.2) is 0 Å². The van der Waals surface area contributed by atoms with E-state index in [4.69, 9.17) is 4.74 Å². The second-order valence-electron chi connectivity index (χ2n) is 7.15. The number of piperidine rings is 1. The van der Waals surface area contributed by atoms with Gasteiger partial charge in [0.2, 0.25) is 5.91 Å². The first-order chi connectivity index (χ1) is 11.6. The molecular weight excluding hydrogens is 373 g/mol. The Kier molecular flexibility index (Phi) is 9.90. The summed E-state index contributed by atoms with van der Waals surface area (Å²) in [5.74, 6) is 0.832. The first kappa shape index (κ1) is 23.2. The summed E-state index contributed by atoms with van der Waals surface area (Å²) in [4.78, 5) is 14.9. The van der Waals surface area contributed by atoms with Gasteiger partial charge in [-0.3, -0.25) is 9.69 Å². The molecule has 0 radical (unpaired) electrons. The first-order valence-corrected chi connectivity index (χ1v) is 9.09. The zero-order valence-corrected chi connectivity index (χ0v) is 17.2. The van der Waals surface area contributed by atoms with E-state index in [1.165, 1.54) is 31.5 Å². The minimum Gasteiger partial charge on any atom is -0.375 e. The molecule has 0 spiro atoms. The van der Waals surface area contributed by atoms with Gasteiger partial charge in [-0.2, -0.15) is 0 Å². The summed E-state index contributed by atoms with van der Waals surface area (Å²) in [6, 6.07) is 7.93. The third-order valence-electron chi connectivity index (χ3n) is 5.10. The number of nitrogens with one attached hydrogen (secondary N) is 2. The molecule has 1 aromatic carbocycles. The molecule has 26 heavy (non-hydrogen) atoms. The molecule has 2 atom stereocenters. The average molecular weight is 404 g/mol. The van der Waals surface area contributed by atoms with E-state index in [-0.39, 0.29) is 42.9 Å². The van der Waals surface area contributed by atoms with Crippen molar-refractivity contribution in [2.75, 3.05) is 31.6 Å². The van der Waals surface area contributed by atoms with Crippen molar-refractivity contribution in [3.05, 3.63) is 29.8 Å². The summed E-state index contributed by atoms with van der Waals surface area (Å²) < 4.78 is 5.53. The van der Waals surface area contributed by atoms with Crippen LogP contribution in [0.2, 0.25) is 0 Å². The maximum atomic E-state index is 12.3. The average Bonchev–Trinajstić information content (AvgIpc) is 2.59. The largest absolute Gasteiger partial charge is 0.375 e. The van der Waals surface area contributed by atoms with Gasteiger partial charge in [0.25, 0.3) is 0 Å². The van der Waals surface area contributed by atoms with Crippen molar-refractivity contribution in [3.8, 4) is 0 Å². The highest BCUT2D eigenvalue weighted by atomic mass is 35.5. The van der Waals surface area contributed by atoms with Crippen LogP contribution in [0, 0.1) is 5.92 Å². The summed E-state index contributed by atoms with van der Waals surface area (Å²) in [6.45, 7) is 9.01. The van der Waals surface area contributed by atoms with Crippen molar-refractivity contribution in [2.45, 2.75) is 45.4 Å². The summed E-state index contributed by atoms with van der Waals surface area (Å²) >= 11 is 0. The Bertz CT molecular complexity index is 548. The minimum atomic E-state index is -0.284. The van der Waals surface area contributed by atoms with Gasteiger partial charge in [-0.05, 0) is 56.5 Å². The number of anilines is 1. The highest BCUT2D eigenvalue weighted by Gasteiger charge is 2.28. The first-order valence-electron chi connectivity index (χ1n) is 9.09. The number of carbonyl (C=O) groups is 1. The van der Waals surface area contributed by atoms with Crippen molar-refractivity contribution in [1.82, 2.24) is 10.2 Å². The Morgan fingerprint density at radius 3 is 2.46 bits per heavy atom. The highest BCUT2D eigenvalue weighted by Crippen LogP contribution is 2.19. The molecule has 2 fully saturated rings. The molecule has 1 amide bonds. The van der Waals surface area contributed by atoms with E-state index in [0.29, 0.717) is 6.61 Å². The molecule has 1 aromatic rings. The number of benzene rings is 1. The predicted molar refractivity (Wildman–Crippen MR) is 110 cm³/mol. The standard InChI is InChI=1S/C19H29N3O2.2ClH/c1-14-7-10-22(11-8-14)13-16-3-5-17(6-4-16)21-19(23)18-15(2)24-12-9-20-18;;/h3-6,14-15,18,20H,7-13H2,1-2H3,(H,21,23);2*1H/t15-,18+;;/m1../s1. The molecule has 3 rings (SSSR count). The summed E-state index contributed by atoms with van der Waals surface area (Å²) in [5, 5.41) is 6.20. The molecule has 5 nitrogen and oxygen atoms in total. The molecule has 0 bridgehead atoms. The van der Waals surface area contributed by atoms with Crippen molar-refractivity contribution < 1.29 is 9.53 Å². The van der Waals surface area contributed by atoms with Gasteiger partial charge in [0.05, 0.1) is 12.7 Å². The van der Waals surface area contributed by atoms with Crippen molar-refractivity contribution in [1.29, 1.82) is 0 Å². The molecule has 2 N–H and O–H groups in total. The van der Waals surface area contributed by atoms with Crippen LogP contribution in [0.4, 0.5) is 5.69 Å². The fraction of sp³-hybridized carbons (Fsp3) is 0.632. The van der Waals surface area contributed by atoms with Crippen molar-refractivity contribution in [3.63, 3.8) is 0 Å². The molecule has 2 heterocycles. The predicted octanol–water partition coefficient (Wildman–Crippen LogP) is 3.08. The van der Waals surface area contributed by atoms with Gasteiger partial charge < -0.3 is 15.4 Å². The van der Waals surface area contributed by atoms with Gasteiger partial charge in [0.15, 0.2) is 0 Å². The van der Waals surface area contributed by atoms with E-state index < -0.39 is 0 Å². The van der Waals surface area contributed by atoms with E-state index in [0.717, 1.165) is 24.7 Å². The van der Waals surface area contributed by atoms with Crippen LogP contribution >= 0.6 is 24.8 Å². The Labute approximate surface area is 169 Å². The number of hydrogen-bond acceptors (Lipinski definition) is 4. The molecule has 2 aliphatic heterocycles. The summed E-state index contributed by atoms with van der Waals surface area (Å²) in [5.41, 5.74) is 2.14. The minimum absolute atomic E-state index is 0. The highest BCUT2D eigenvalue weighted by molar-refractivity contribution is 5.95. The van der Waals surface area contributed by atoms with E-state index in [1.54, 1.807) is 0 Å². The Morgan fingerprint density at radius 1 is 1.19 bits per heavy atom. The molecule has 2 aliphatic rings. The van der Waals surface area contributed by atoms with Gasteiger partial charge in [-0.15, -0.1) is 24.8 Å². The monoisotopic (exact) mass is 403 g/mol. The van der Waals surface area contributed by atoms with Gasteiger partial charge >= 0.3 is 0 Å². The number of nitrogens with zero attached hydrogens (tertiary/aromatic N) is 1. The lowest BCUT2D eigenvalue weighted by molar-refractivity contribution is -0.123. The van der Waals surface area contributed by atoms with Gasteiger partial charge in [0.1, 0.15) is 6.04 Å². The molecule has 0 unspecified atom stereocenters. The van der Waals surface area contributed by atoms with Crippen LogP contribution in [0.5, 0.6) is 0 Å². The molecule has 0 aliphatic carbocycles. The maximum absolute atomic E-state index is 12.3. The number of likely N-dealkylation sites (tertiary alicyclic amines) is 1. The van der Waals surface area contributed by atoms with Crippen LogP contribution in [0.15, 0.2) is 24.3 Å². The quantitative estimate of drug-likeness (QED) is 0.810. The van der Waals surface area contributed by atoms with E-state index in [2.05, 4.69) is 34.6 Å². The number of morpholine rings is 1. The van der Waals surface area contributed by atoms with Crippen LogP contribution in [0.1, 0.15) is 32.3 Å². The SMILES string of the molecule is CC1CCN(Cc2ccc(NC(=O)[C@H]3NCCO[C@@H]3C)cc2)CC1.Cl.Cl. The second-order valence-corrected chi connectivity index (χ2v) is 7.15.